The van der Waals surface area contributed by atoms with Gasteiger partial charge in [0, 0.05) is 43.8 Å². The van der Waals surface area contributed by atoms with E-state index in [4.69, 9.17) is 19.2 Å². The monoisotopic (exact) mass is 449 g/mol. The van der Waals surface area contributed by atoms with E-state index in [0.717, 1.165) is 80.6 Å². The number of rotatable bonds is 7. The number of piperidine rings is 1. The van der Waals surface area contributed by atoms with Crippen LogP contribution in [0.25, 0.3) is 0 Å². The molecule has 0 atom stereocenters. The van der Waals surface area contributed by atoms with Gasteiger partial charge in [-0.2, -0.15) is 0 Å². The van der Waals surface area contributed by atoms with Gasteiger partial charge in [0.1, 0.15) is 18.0 Å². The maximum absolute atomic E-state index is 6.37. The molecule has 0 unspecified atom stereocenters. The predicted octanol–water partition coefficient (Wildman–Crippen LogP) is 3.13. The highest BCUT2D eigenvalue weighted by Gasteiger charge is 2.42. The summed E-state index contributed by atoms with van der Waals surface area (Å²) in [5.41, 5.74) is 3.20. The van der Waals surface area contributed by atoms with Crippen LogP contribution >= 0.6 is 0 Å². The minimum Gasteiger partial charge on any atom is -0.493 e. The van der Waals surface area contributed by atoms with Gasteiger partial charge in [-0.25, -0.2) is 15.0 Å². The first kappa shape index (κ1) is 21.9. The van der Waals surface area contributed by atoms with E-state index in [0.29, 0.717) is 6.61 Å². The third-order valence-electron chi connectivity index (χ3n) is 6.66. The summed E-state index contributed by atoms with van der Waals surface area (Å²) in [4.78, 5) is 15.7. The van der Waals surface area contributed by atoms with Crippen molar-refractivity contribution in [3.8, 4) is 11.5 Å². The summed E-state index contributed by atoms with van der Waals surface area (Å²) in [5.74, 6) is 2.40. The molecule has 5 rings (SSSR count). The van der Waals surface area contributed by atoms with E-state index in [-0.39, 0.29) is 5.60 Å². The smallest absolute Gasteiger partial charge is 0.165 e. The SMILES string of the molecule is COc1cccc(CN2CCC3(CC2)OCCc2cnc(C)nc23)c1OCCn1ccnc1. The largest absolute Gasteiger partial charge is 0.493 e. The van der Waals surface area contributed by atoms with Gasteiger partial charge in [-0.1, -0.05) is 12.1 Å². The lowest BCUT2D eigenvalue weighted by atomic mass is 9.83. The fourth-order valence-corrected chi connectivity index (χ4v) is 4.87. The van der Waals surface area contributed by atoms with Crippen LogP contribution in [0.15, 0.2) is 43.1 Å². The molecule has 0 amide bonds. The molecule has 8 heteroatoms. The lowest BCUT2D eigenvalue weighted by Crippen LogP contribution is -2.47. The normalized spacial score (nSPS) is 17.6. The Morgan fingerprint density at radius 3 is 2.88 bits per heavy atom. The summed E-state index contributed by atoms with van der Waals surface area (Å²) < 4.78 is 20.2. The molecule has 4 heterocycles. The Hall–Kier alpha value is -2.97. The number of ether oxygens (including phenoxy) is 3. The Kier molecular flexibility index (Phi) is 6.28. The van der Waals surface area contributed by atoms with Crippen LogP contribution in [0.5, 0.6) is 11.5 Å². The molecule has 0 saturated carbocycles. The molecule has 2 aliphatic heterocycles. The van der Waals surface area contributed by atoms with Gasteiger partial charge in [-0.05, 0) is 37.8 Å². The molecule has 174 valence electrons. The highest BCUT2D eigenvalue weighted by atomic mass is 16.5. The molecule has 0 N–H and O–H groups in total. The number of benzene rings is 1. The average Bonchev–Trinajstić information content (AvgIpc) is 3.36. The second kappa shape index (κ2) is 9.49. The Morgan fingerprint density at radius 1 is 1.21 bits per heavy atom. The van der Waals surface area contributed by atoms with E-state index >= 15 is 0 Å². The van der Waals surface area contributed by atoms with Crippen LogP contribution in [0.3, 0.4) is 0 Å². The van der Waals surface area contributed by atoms with Crippen molar-refractivity contribution in [2.75, 3.05) is 33.4 Å². The minimum absolute atomic E-state index is 0.281. The molecule has 3 aromatic rings. The van der Waals surface area contributed by atoms with Crippen LogP contribution in [0.1, 0.15) is 35.5 Å². The molecular formula is C25H31N5O3. The second-order valence-electron chi connectivity index (χ2n) is 8.76. The number of aryl methyl sites for hydroxylation is 1. The molecule has 1 fully saturated rings. The van der Waals surface area contributed by atoms with Crippen molar-refractivity contribution >= 4 is 0 Å². The molecule has 2 aromatic heterocycles. The molecule has 33 heavy (non-hydrogen) atoms. The number of hydrogen-bond acceptors (Lipinski definition) is 7. The lowest BCUT2D eigenvalue weighted by molar-refractivity contribution is -0.102. The Bertz CT molecular complexity index is 1080. The number of para-hydroxylation sites is 1. The zero-order valence-electron chi connectivity index (χ0n) is 19.4. The van der Waals surface area contributed by atoms with E-state index in [1.54, 1.807) is 19.6 Å². The number of likely N-dealkylation sites (tertiary alicyclic amines) is 1. The Morgan fingerprint density at radius 2 is 2.09 bits per heavy atom. The maximum Gasteiger partial charge on any atom is 0.165 e. The van der Waals surface area contributed by atoms with E-state index in [1.807, 2.05) is 36.0 Å². The summed E-state index contributed by atoms with van der Waals surface area (Å²) in [6, 6.07) is 6.11. The Balaban J connectivity index is 1.27. The van der Waals surface area contributed by atoms with E-state index in [2.05, 4.69) is 20.9 Å². The number of hydrogen-bond donors (Lipinski definition) is 0. The molecule has 2 aliphatic rings. The van der Waals surface area contributed by atoms with Crippen molar-refractivity contribution in [2.24, 2.45) is 0 Å². The molecule has 0 aliphatic carbocycles. The van der Waals surface area contributed by atoms with E-state index in [9.17, 15) is 0 Å². The Labute approximate surface area is 194 Å². The van der Waals surface area contributed by atoms with Gasteiger partial charge in [-0.15, -0.1) is 0 Å². The van der Waals surface area contributed by atoms with E-state index < -0.39 is 0 Å². The fourth-order valence-electron chi connectivity index (χ4n) is 4.87. The number of methoxy groups -OCH3 is 1. The number of aromatic nitrogens is 4. The third-order valence-corrected chi connectivity index (χ3v) is 6.66. The topological polar surface area (TPSA) is 74.5 Å². The molecule has 1 saturated heterocycles. The van der Waals surface area contributed by atoms with Crippen LogP contribution < -0.4 is 9.47 Å². The minimum atomic E-state index is -0.281. The first-order valence-corrected chi connectivity index (χ1v) is 11.6. The van der Waals surface area contributed by atoms with Gasteiger partial charge >= 0.3 is 0 Å². The number of imidazole rings is 1. The fraction of sp³-hybridized carbons (Fsp3) is 0.480. The molecule has 1 aromatic carbocycles. The number of fused-ring (bicyclic) bond motifs is 2. The van der Waals surface area contributed by atoms with Gasteiger partial charge in [0.05, 0.1) is 32.3 Å². The first-order chi connectivity index (χ1) is 16.2. The summed E-state index contributed by atoms with van der Waals surface area (Å²) in [6.07, 6.45) is 10.2. The standard InChI is InChI=1S/C25H31N5O3/c1-19-27-16-20-6-14-33-25(24(20)28-19)7-10-29(11-8-25)17-21-4-3-5-22(31-2)23(21)32-15-13-30-12-9-26-18-30/h3-5,9,12,16,18H,6-8,10-11,13-15,17H2,1-2H3. The van der Waals surface area contributed by atoms with Crippen LogP contribution in [0.2, 0.25) is 0 Å². The molecule has 0 bridgehead atoms. The lowest BCUT2D eigenvalue weighted by Gasteiger charge is -2.44. The zero-order valence-corrected chi connectivity index (χ0v) is 19.4. The van der Waals surface area contributed by atoms with Crippen molar-refractivity contribution in [3.63, 3.8) is 0 Å². The average molecular weight is 450 g/mol. The van der Waals surface area contributed by atoms with Gasteiger partial charge < -0.3 is 18.8 Å². The van der Waals surface area contributed by atoms with Gasteiger partial charge in [-0.3, -0.25) is 4.90 Å². The van der Waals surface area contributed by atoms with Crippen molar-refractivity contribution in [3.05, 3.63) is 65.8 Å². The van der Waals surface area contributed by atoms with Crippen LogP contribution in [0.4, 0.5) is 0 Å². The van der Waals surface area contributed by atoms with Gasteiger partial charge in [0.2, 0.25) is 0 Å². The number of nitrogens with zero attached hydrogens (tertiary/aromatic N) is 5. The molecule has 1 spiro atoms. The van der Waals surface area contributed by atoms with Crippen LogP contribution in [0, 0.1) is 6.92 Å². The quantitative estimate of drug-likeness (QED) is 0.549. The van der Waals surface area contributed by atoms with Crippen molar-refractivity contribution in [1.82, 2.24) is 24.4 Å². The predicted molar refractivity (Wildman–Crippen MR) is 123 cm³/mol. The summed E-state index contributed by atoms with van der Waals surface area (Å²) in [7, 11) is 1.69. The maximum atomic E-state index is 6.37. The van der Waals surface area contributed by atoms with Crippen LogP contribution in [-0.2, 0) is 29.8 Å². The van der Waals surface area contributed by atoms with Crippen LogP contribution in [-0.4, -0.2) is 57.8 Å². The highest BCUT2D eigenvalue weighted by molar-refractivity contribution is 5.46. The molecular weight excluding hydrogens is 418 g/mol. The van der Waals surface area contributed by atoms with Crippen molar-refractivity contribution < 1.29 is 14.2 Å². The first-order valence-electron chi connectivity index (χ1n) is 11.6. The zero-order chi connectivity index (χ0) is 22.7. The van der Waals surface area contributed by atoms with Crippen molar-refractivity contribution in [1.29, 1.82) is 0 Å². The van der Waals surface area contributed by atoms with E-state index in [1.165, 1.54) is 5.56 Å². The second-order valence-corrected chi connectivity index (χ2v) is 8.76. The summed E-state index contributed by atoms with van der Waals surface area (Å²) in [5, 5.41) is 0. The molecule has 8 nitrogen and oxygen atoms in total. The third kappa shape index (κ3) is 4.58. The molecule has 0 radical (unpaired) electrons. The summed E-state index contributed by atoms with van der Waals surface area (Å²) in [6.45, 7) is 6.67. The van der Waals surface area contributed by atoms with Gasteiger partial charge in [0.15, 0.2) is 11.5 Å². The highest BCUT2D eigenvalue weighted by Crippen LogP contribution is 2.41. The summed E-state index contributed by atoms with van der Waals surface area (Å²) >= 11 is 0. The van der Waals surface area contributed by atoms with Gasteiger partial charge in [0.25, 0.3) is 0 Å². The van der Waals surface area contributed by atoms with Crippen molar-refractivity contribution in [2.45, 2.75) is 44.9 Å².